The van der Waals surface area contributed by atoms with Crippen LogP contribution in [0.4, 0.5) is 0 Å². The molecule has 4 nitrogen and oxygen atoms in total. The summed E-state index contributed by atoms with van der Waals surface area (Å²) in [5, 5.41) is 5.02. The fourth-order valence-electron chi connectivity index (χ4n) is 7.92. The van der Waals surface area contributed by atoms with E-state index in [-0.39, 0.29) is 0 Å². The van der Waals surface area contributed by atoms with Gasteiger partial charge in [-0.2, -0.15) is 0 Å². The molecule has 0 spiro atoms. The Balaban J connectivity index is 1.15. The summed E-state index contributed by atoms with van der Waals surface area (Å²) in [6.45, 7) is 0. The quantitative estimate of drug-likeness (QED) is 0.171. The average Bonchev–Trinajstić information content (AvgIpc) is 3.81. The SMILES string of the molecule is c1ccc(-c2ccc(-c3nc(-c4ccccc4)nc(-c4cc(-c5ccccc5)cc(-n5c6ccccc6c6cc7sc8ccccc8c7cc65)c4)n3)cc2)cc1. The number of benzene rings is 8. The molecule has 3 heterocycles. The van der Waals surface area contributed by atoms with Crippen LogP contribution < -0.4 is 0 Å². The van der Waals surface area contributed by atoms with E-state index < -0.39 is 0 Å². The highest BCUT2D eigenvalue weighted by Crippen LogP contribution is 2.42. The lowest BCUT2D eigenvalue weighted by atomic mass is 10.0. The van der Waals surface area contributed by atoms with Crippen LogP contribution in [0.3, 0.4) is 0 Å². The second kappa shape index (κ2) is 13.3. The first-order valence-electron chi connectivity index (χ1n) is 18.8. The predicted octanol–water partition coefficient (Wildman–Crippen LogP) is 13.7. The molecule has 0 saturated carbocycles. The molecule has 0 amide bonds. The highest BCUT2D eigenvalue weighted by atomic mass is 32.1. The van der Waals surface area contributed by atoms with Crippen LogP contribution in [0.25, 0.3) is 104 Å². The second-order valence-electron chi connectivity index (χ2n) is 14.1. The molecule has 11 rings (SSSR count). The van der Waals surface area contributed by atoms with Crippen molar-refractivity contribution in [3.63, 3.8) is 0 Å². The average molecular weight is 733 g/mol. The highest BCUT2D eigenvalue weighted by molar-refractivity contribution is 7.25. The Morgan fingerprint density at radius 3 is 1.50 bits per heavy atom. The minimum absolute atomic E-state index is 0.618. The molecule has 8 aromatic carbocycles. The zero-order valence-electron chi connectivity index (χ0n) is 30.2. The Kier molecular flexibility index (Phi) is 7.64. The number of hydrogen-bond acceptors (Lipinski definition) is 4. The van der Waals surface area contributed by atoms with Gasteiger partial charge in [0.25, 0.3) is 0 Å². The van der Waals surface area contributed by atoms with Gasteiger partial charge in [-0.1, -0.05) is 152 Å². The third-order valence-electron chi connectivity index (χ3n) is 10.6. The van der Waals surface area contributed by atoms with Gasteiger partial charge in [0.2, 0.25) is 0 Å². The van der Waals surface area contributed by atoms with E-state index in [1.807, 2.05) is 35.6 Å². The van der Waals surface area contributed by atoms with Gasteiger partial charge in [0, 0.05) is 53.3 Å². The monoisotopic (exact) mass is 732 g/mol. The fraction of sp³-hybridized carbons (Fsp3) is 0. The molecule has 0 aliphatic carbocycles. The molecule has 262 valence electrons. The van der Waals surface area contributed by atoms with Crippen LogP contribution in [0.1, 0.15) is 0 Å². The van der Waals surface area contributed by atoms with Gasteiger partial charge >= 0.3 is 0 Å². The summed E-state index contributed by atoms with van der Waals surface area (Å²) in [6, 6.07) is 68.6. The van der Waals surface area contributed by atoms with Crippen molar-refractivity contribution in [2.45, 2.75) is 0 Å². The van der Waals surface area contributed by atoms with Crippen molar-refractivity contribution in [2.75, 3.05) is 0 Å². The third kappa shape index (κ3) is 5.56. The van der Waals surface area contributed by atoms with Gasteiger partial charge in [-0.3, -0.25) is 0 Å². The molecule has 56 heavy (non-hydrogen) atoms. The van der Waals surface area contributed by atoms with Gasteiger partial charge in [-0.15, -0.1) is 11.3 Å². The maximum Gasteiger partial charge on any atom is 0.164 e. The number of fused-ring (bicyclic) bond motifs is 6. The van der Waals surface area contributed by atoms with Crippen LogP contribution >= 0.6 is 11.3 Å². The van der Waals surface area contributed by atoms with Crippen LogP contribution in [0.2, 0.25) is 0 Å². The summed E-state index contributed by atoms with van der Waals surface area (Å²) in [7, 11) is 0. The van der Waals surface area contributed by atoms with Crippen molar-refractivity contribution in [3.8, 4) is 62.1 Å². The summed E-state index contributed by atoms with van der Waals surface area (Å²) in [4.78, 5) is 15.5. The summed E-state index contributed by atoms with van der Waals surface area (Å²) < 4.78 is 5.01. The van der Waals surface area contributed by atoms with Gasteiger partial charge in [0.1, 0.15) is 0 Å². The van der Waals surface area contributed by atoms with Crippen LogP contribution in [0, 0.1) is 0 Å². The minimum Gasteiger partial charge on any atom is -0.309 e. The topological polar surface area (TPSA) is 43.6 Å². The number of rotatable bonds is 6. The molecular formula is C51H32N4S. The van der Waals surface area contributed by atoms with Gasteiger partial charge in [-0.05, 0) is 64.7 Å². The molecule has 3 aromatic heterocycles. The molecule has 0 atom stereocenters. The standard InChI is InChI=1S/C51H32N4S/c1-4-14-33(15-5-1)35-24-26-37(27-25-35)50-52-49(36-18-8-3-9-19-36)53-51(54-50)39-28-38(34-16-6-2-7-17-34)29-40(30-39)55-45-22-12-10-20-41(45)43-32-48-44(31-46(43)55)42-21-11-13-23-47(42)56-48/h1-32H. The predicted molar refractivity (Wildman–Crippen MR) is 234 cm³/mol. The Hall–Kier alpha value is -7.21. The molecule has 0 aliphatic heterocycles. The third-order valence-corrected chi connectivity index (χ3v) is 11.8. The van der Waals surface area contributed by atoms with Crippen LogP contribution in [-0.2, 0) is 0 Å². The Morgan fingerprint density at radius 2 is 0.804 bits per heavy atom. The van der Waals surface area contributed by atoms with Crippen LogP contribution in [0.5, 0.6) is 0 Å². The van der Waals surface area contributed by atoms with E-state index in [4.69, 9.17) is 15.0 Å². The summed E-state index contributed by atoms with van der Waals surface area (Å²) >= 11 is 1.86. The van der Waals surface area contributed by atoms with Crippen LogP contribution in [-0.4, -0.2) is 19.5 Å². The number of hydrogen-bond donors (Lipinski definition) is 0. The Morgan fingerprint density at radius 1 is 0.304 bits per heavy atom. The molecular weight excluding hydrogens is 701 g/mol. The van der Waals surface area contributed by atoms with E-state index in [0.29, 0.717) is 17.5 Å². The lowest BCUT2D eigenvalue weighted by Gasteiger charge is -2.14. The van der Waals surface area contributed by atoms with E-state index in [0.717, 1.165) is 44.6 Å². The second-order valence-corrected chi connectivity index (χ2v) is 15.2. The van der Waals surface area contributed by atoms with E-state index >= 15 is 0 Å². The van der Waals surface area contributed by atoms with Crippen molar-refractivity contribution in [1.29, 1.82) is 0 Å². The zero-order chi connectivity index (χ0) is 37.0. The molecule has 0 saturated heterocycles. The lowest BCUT2D eigenvalue weighted by molar-refractivity contribution is 1.07. The van der Waals surface area contributed by atoms with Crippen molar-refractivity contribution in [2.24, 2.45) is 0 Å². The first-order chi connectivity index (χ1) is 27.7. The van der Waals surface area contributed by atoms with E-state index in [9.17, 15) is 0 Å². The fourth-order valence-corrected chi connectivity index (χ4v) is 9.05. The van der Waals surface area contributed by atoms with Crippen molar-refractivity contribution in [3.05, 3.63) is 194 Å². The van der Waals surface area contributed by atoms with E-state index in [1.165, 1.54) is 42.0 Å². The zero-order valence-corrected chi connectivity index (χ0v) is 31.0. The van der Waals surface area contributed by atoms with E-state index in [1.54, 1.807) is 0 Å². The normalized spacial score (nSPS) is 11.6. The van der Waals surface area contributed by atoms with Crippen molar-refractivity contribution >= 4 is 53.3 Å². The summed E-state index contributed by atoms with van der Waals surface area (Å²) in [5.74, 6) is 1.88. The number of para-hydroxylation sites is 1. The smallest absolute Gasteiger partial charge is 0.164 e. The molecule has 5 heteroatoms. The highest BCUT2D eigenvalue weighted by Gasteiger charge is 2.19. The number of aromatic nitrogens is 4. The summed E-state index contributed by atoms with van der Waals surface area (Å²) in [5.41, 5.74) is 10.7. The maximum atomic E-state index is 5.22. The largest absolute Gasteiger partial charge is 0.309 e. The Bertz CT molecular complexity index is 3220. The maximum absolute atomic E-state index is 5.22. The molecule has 0 unspecified atom stereocenters. The van der Waals surface area contributed by atoms with Gasteiger partial charge < -0.3 is 4.57 Å². The molecule has 0 radical (unpaired) electrons. The van der Waals surface area contributed by atoms with Gasteiger partial charge in [-0.25, -0.2) is 15.0 Å². The molecule has 0 fully saturated rings. The minimum atomic E-state index is 0.618. The summed E-state index contributed by atoms with van der Waals surface area (Å²) in [6.07, 6.45) is 0. The number of thiophene rings is 1. The lowest BCUT2D eigenvalue weighted by Crippen LogP contribution is -2.02. The molecule has 11 aromatic rings. The molecule has 0 N–H and O–H groups in total. The van der Waals surface area contributed by atoms with E-state index in [2.05, 4.69) is 174 Å². The Labute approximate surface area is 327 Å². The van der Waals surface area contributed by atoms with Crippen LogP contribution in [0.15, 0.2) is 194 Å². The first-order valence-corrected chi connectivity index (χ1v) is 19.6. The number of nitrogens with zero attached hydrogens (tertiary/aromatic N) is 4. The van der Waals surface area contributed by atoms with Crippen molar-refractivity contribution < 1.29 is 0 Å². The van der Waals surface area contributed by atoms with Crippen molar-refractivity contribution in [1.82, 2.24) is 19.5 Å². The molecule has 0 aliphatic rings. The van der Waals surface area contributed by atoms with Gasteiger partial charge in [0.15, 0.2) is 17.5 Å². The first kappa shape index (κ1) is 32.2. The van der Waals surface area contributed by atoms with Gasteiger partial charge in [0.05, 0.1) is 11.0 Å². The molecule has 0 bridgehead atoms.